The Balaban J connectivity index is 1.27. The Morgan fingerprint density at radius 1 is 0.750 bits per heavy atom. The van der Waals surface area contributed by atoms with Gasteiger partial charge in [0.05, 0.1) is 43.9 Å². The molecule has 2 saturated heterocycles. The molecule has 2 aliphatic heterocycles. The fourth-order valence-electron chi connectivity index (χ4n) is 9.21. The molecule has 3 heterocycles. The van der Waals surface area contributed by atoms with Gasteiger partial charge < -0.3 is 39.0 Å². The van der Waals surface area contributed by atoms with Crippen LogP contribution in [0.3, 0.4) is 0 Å². The van der Waals surface area contributed by atoms with Gasteiger partial charge in [-0.25, -0.2) is 4.98 Å². The summed E-state index contributed by atoms with van der Waals surface area (Å²) in [5, 5.41) is 3.80. The minimum atomic E-state index is -1.44. The first kappa shape index (κ1) is 53.2. The lowest BCUT2D eigenvalue weighted by molar-refractivity contribution is -0.155. The third kappa shape index (κ3) is 12.7. The number of fused-ring (bicyclic) bond motifs is 2. The number of carbonyl (C=O) groups excluding carboxylic acids is 6. The molecule has 0 unspecified atom stereocenters. The van der Waals surface area contributed by atoms with Gasteiger partial charge in [-0.15, -0.1) is 0 Å². The van der Waals surface area contributed by atoms with Gasteiger partial charge >= 0.3 is 0 Å². The lowest BCUT2D eigenvalue weighted by atomic mass is 9.93. The van der Waals surface area contributed by atoms with E-state index in [1.165, 1.54) is 28.9 Å². The van der Waals surface area contributed by atoms with E-state index in [-0.39, 0.29) is 57.2 Å². The summed E-state index contributed by atoms with van der Waals surface area (Å²) in [7, 11) is 10.4. The number of nitrogens with zero attached hydrogens (tertiary/aromatic N) is 7. The molecule has 1 aromatic heterocycles. The molecule has 7 rings (SSSR count). The van der Waals surface area contributed by atoms with Crippen LogP contribution < -0.4 is 10.1 Å². The molecular weight excluding hydrogens is 960 g/mol. The van der Waals surface area contributed by atoms with Gasteiger partial charge in [0.25, 0.3) is 5.91 Å². The number of aromatic nitrogens is 2. The van der Waals surface area contributed by atoms with Gasteiger partial charge in [0.1, 0.15) is 29.4 Å². The summed E-state index contributed by atoms with van der Waals surface area (Å²) in [5.41, 5.74) is 3.88. The van der Waals surface area contributed by atoms with Crippen molar-refractivity contribution in [3.05, 3.63) is 136 Å². The molecule has 18 heteroatoms. The van der Waals surface area contributed by atoms with E-state index in [0.717, 1.165) is 33.1 Å². The molecule has 2 bridgehead atoms. The Labute approximate surface area is 430 Å². The summed E-state index contributed by atoms with van der Waals surface area (Å²) in [4.78, 5) is 99.5. The first-order chi connectivity index (χ1) is 34.4. The van der Waals surface area contributed by atoms with Gasteiger partial charge in [-0.2, -0.15) is 0 Å². The number of benzene rings is 4. The second-order valence-corrected chi connectivity index (χ2v) is 19.8. The van der Waals surface area contributed by atoms with Crippen molar-refractivity contribution in [2.45, 2.75) is 76.3 Å². The number of amides is 6. The topological polar surface area (TPSA) is 167 Å². The molecule has 0 aliphatic carbocycles. The van der Waals surface area contributed by atoms with E-state index >= 15 is 9.59 Å². The number of rotatable bonds is 13. The first-order valence-electron chi connectivity index (χ1n) is 23.9. The molecule has 2 fully saturated rings. The largest absolute Gasteiger partial charge is 0.457 e. The highest BCUT2D eigenvalue weighted by atomic mass is 35.5. The number of imidazole rings is 1. The maximum absolute atomic E-state index is 15.2. The van der Waals surface area contributed by atoms with Gasteiger partial charge in [-0.3, -0.25) is 33.7 Å². The second kappa shape index (κ2) is 23.8. The minimum absolute atomic E-state index is 0.0821. The molecule has 0 radical (unpaired) electrons. The lowest BCUT2D eigenvalue weighted by Crippen LogP contribution is -2.56. The van der Waals surface area contributed by atoms with Gasteiger partial charge in [0.2, 0.25) is 29.5 Å². The molecule has 0 spiro atoms. The van der Waals surface area contributed by atoms with Crippen LogP contribution >= 0.6 is 23.2 Å². The van der Waals surface area contributed by atoms with Crippen LogP contribution in [0.4, 0.5) is 0 Å². The average Bonchev–Trinajstić information content (AvgIpc) is 3.86. The lowest BCUT2D eigenvalue weighted by Gasteiger charge is -2.35. The van der Waals surface area contributed by atoms with Crippen molar-refractivity contribution in [1.29, 1.82) is 0 Å². The van der Waals surface area contributed by atoms with Gasteiger partial charge in [-0.1, -0.05) is 71.7 Å². The zero-order chi connectivity index (χ0) is 51.8. The molecule has 6 amide bonds. The number of hydrogen-bond donors (Lipinski definition) is 1. The number of likely N-dealkylation sites (N-methyl/N-ethyl adjacent to an activating group) is 2. The predicted molar refractivity (Wildman–Crippen MR) is 274 cm³/mol. The molecule has 5 aromatic rings. The van der Waals surface area contributed by atoms with Crippen LogP contribution in [0.25, 0.3) is 11.3 Å². The summed E-state index contributed by atoms with van der Waals surface area (Å²) in [6.07, 6.45) is 1.28. The molecule has 72 heavy (non-hydrogen) atoms. The maximum atomic E-state index is 15.2. The second-order valence-electron chi connectivity index (χ2n) is 18.9. The zero-order valence-corrected chi connectivity index (χ0v) is 43.2. The Morgan fingerprint density at radius 2 is 1.43 bits per heavy atom. The van der Waals surface area contributed by atoms with Crippen molar-refractivity contribution in [3.63, 3.8) is 0 Å². The van der Waals surface area contributed by atoms with Crippen LogP contribution in [0.2, 0.25) is 10.0 Å². The monoisotopic (exact) mass is 1020 g/mol. The predicted octanol–water partition coefficient (Wildman–Crippen LogP) is 6.40. The highest BCUT2D eigenvalue weighted by Gasteiger charge is 2.50. The molecule has 1 N–H and O–H groups in total. The quantitative estimate of drug-likeness (QED) is 0.130. The van der Waals surface area contributed by atoms with Crippen LogP contribution in [0.1, 0.15) is 48.7 Å². The number of hydrogen-bond acceptors (Lipinski definition) is 10. The number of halogens is 2. The molecule has 2 aliphatic rings. The van der Waals surface area contributed by atoms with E-state index in [9.17, 15) is 19.2 Å². The summed E-state index contributed by atoms with van der Waals surface area (Å²) in [5.74, 6) is -2.71. The zero-order valence-electron chi connectivity index (χ0n) is 41.7. The van der Waals surface area contributed by atoms with E-state index in [4.69, 9.17) is 32.7 Å². The van der Waals surface area contributed by atoms with Crippen LogP contribution in [-0.2, 0) is 66.5 Å². The smallest absolute Gasteiger partial charge is 0.253 e. The normalized spacial score (nSPS) is 20.8. The molecule has 0 saturated carbocycles. The fraction of sp³-hybridized carbons (Fsp3) is 0.389. The molecule has 380 valence electrons. The van der Waals surface area contributed by atoms with Crippen molar-refractivity contribution >= 4 is 58.6 Å². The summed E-state index contributed by atoms with van der Waals surface area (Å²) in [6, 6.07) is 24.6. The van der Waals surface area contributed by atoms with Gasteiger partial charge in [-0.05, 0) is 93.5 Å². The Kier molecular flexibility index (Phi) is 17.6. The SMILES string of the molecule is COC[C@H]1C(=O)N(C)[C@@H](Cc2ccc(Cl)cc2)CC(=O)NC[C@H](C)N(C)C(=O)[C@H](Cc2ccccc2)CC(=O)N(Cc2ccc(Cl)cc2Oc2ccc(-c3cnc(CN(C)C)n3C)cc2)[C@H]2CC(=O)N1C2=O. The number of methoxy groups -OCH3 is 1. The molecule has 4 aromatic carbocycles. The van der Waals surface area contributed by atoms with Crippen molar-refractivity contribution in [1.82, 2.24) is 39.4 Å². The number of carbonyl (C=O) groups is 6. The van der Waals surface area contributed by atoms with E-state index in [2.05, 4.69) is 10.3 Å². The van der Waals surface area contributed by atoms with Crippen molar-refractivity contribution < 1.29 is 38.2 Å². The molecular formula is C54H62Cl2N8O8. The van der Waals surface area contributed by atoms with Crippen LogP contribution in [-0.4, -0.2) is 142 Å². The van der Waals surface area contributed by atoms with Gasteiger partial charge in [0, 0.05) is 80.9 Å². The van der Waals surface area contributed by atoms with Crippen molar-refractivity contribution in [3.8, 4) is 22.8 Å². The van der Waals surface area contributed by atoms with E-state index in [0.29, 0.717) is 33.7 Å². The van der Waals surface area contributed by atoms with Crippen LogP contribution in [0.5, 0.6) is 11.5 Å². The summed E-state index contributed by atoms with van der Waals surface area (Å²) in [6.45, 7) is 1.96. The van der Waals surface area contributed by atoms with E-state index in [1.807, 2.05) is 91.4 Å². The van der Waals surface area contributed by atoms with Crippen LogP contribution in [0, 0.1) is 5.92 Å². The maximum Gasteiger partial charge on any atom is 0.253 e. The van der Waals surface area contributed by atoms with E-state index in [1.54, 1.807) is 56.4 Å². The minimum Gasteiger partial charge on any atom is -0.457 e. The highest BCUT2D eigenvalue weighted by Crippen LogP contribution is 2.34. The summed E-state index contributed by atoms with van der Waals surface area (Å²) < 4.78 is 14.0. The third-order valence-corrected chi connectivity index (χ3v) is 14.0. The Bertz CT molecular complexity index is 2750. The Hall–Kier alpha value is -6.59. The number of nitrogens with one attached hydrogen (secondary N) is 1. The Morgan fingerprint density at radius 3 is 2.11 bits per heavy atom. The number of imide groups is 1. The highest BCUT2D eigenvalue weighted by molar-refractivity contribution is 6.31. The number of ether oxygens (including phenoxy) is 2. The van der Waals surface area contributed by atoms with E-state index < -0.39 is 60.1 Å². The summed E-state index contributed by atoms with van der Waals surface area (Å²) >= 11 is 12.8. The third-order valence-electron chi connectivity index (χ3n) is 13.5. The van der Waals surface area contributed by atoms with Crippen molar-refractivity contribution in [2.75, 3.05) is 48.5 Å². The molecule has 16 nitrogen and oxygen atoms in total. The fourth-order valence-corrected chi connectivity index (χ4v) is 9.50. The standard InChI is InChI=1S/C54H62Cl2N8O8/c1-34-29-58-49(65)27-42(24-36-13-18-40(55)19-14-36)61(5)53(69)46(33-71-7)64-51(67)28-44(54(64)70)63(50(66)25-39(52(68)60(34)4)23-35-11-9-8-10-12-35)31-38-15-20-41(56)26-47(38)72-43-21-16-37(17-22-43)45-30-57-48(62(45)6)32-59(2)3/h8-22,26,30,34,39,42,44,46H,23-25,27-29,31-33H2,1-7H3,(H,58,65)/t34-,39+,42-,44-,46-/m0/s1. The molecule has 5 atom stereocenters. The first-order valence-corrected chi connectivity index (χ1v) is 24.6. The average molecular weight is 1020 g/mol. The van der Waals surface area contributed by atoms with Crippen molar-refractivity contribution in [2.24, 2.45) is 13.0 Å². The van der Waals surface area contributed by atoms with Gasteiger partial charge in [0.15, 0.2) is 0 Å². The van der Waals surface area contributed by atoms with Crippen LogP contribution in [0.15, 0.2) is 103 Å².